The van der Waals surface area contributed by atoms with Crippen LogP contribution in [0.4, 0.5) is 0 Å². The van der Waals surface area contributed by atoms with E-state index in [2.05, 4.69) is 32.6 Å². The number of rotatable bonds is 8. The van der Waals surface area contributed by atoms with Gasteiger partial charge in [-0.15, -0.1) is 0 Å². The number of nitrogens with zero attached hydrogens (tertiary/aromatic N) is 1. The third-order valence-corrected chi connectivity index (χ3v) is 2.42. The van der Waals surface area contributed by atoms with Crippen LogP contribution in [-0.2, 0) is 0 Å². The Morgan fingerprint density at radius 1 is 1.14 bits per heavy atom. The van der Waals surface area contributed by atoms with Crippen LogP contribution in [-0.4, -0.2) is 31.1 Å². The maximum atomic E-state index is 5.61. The van der Waals surface area contributed by atoms with Gasteiger partial charge in [-0.3, -0.25) is 0 Å². The minimum atomic E-state index is 0.746. The summed E-state index contributed by atoms with van der Waals surface area (Å²) in [5.41, 5.74) is 5.61. The highest BCUT2D eigenvalue weighted by molar-refractivity contribution is 4.64. The van der Waals surface area contributed by atoms with Crippen molar-refractivity contribution in [3.63, 3.8) is 0 Å². The minimum absolute atomic E-state index is 0.746. The first-order valence-corrected chi connectivity index (χ1v) is 6.02. The van der Waals surface area contributed by atoms with Crippen LogP contribution in [0, 0.1) is 11.8 Å². The molecule has 0 aromatic heterocycles. The van der Waals surface area contributed by atoms with Gasteiger partial charge in [-0.05, 0) is 18.3 Å². The van der Waals surface area contributed by atoms with Crippen LogP contribution in [0.1, 0.15) is 40.5 Å². The standard InChI is InChI=1S/C12H28N2/c1-5-6-12(4)10-14(8-7-13)9-11(2)3/h11-12H,5-10,13H2,1-4H3. The summed E-state index contributed by atoms with van der Waals surface area (Å²) in [4.78, 5) is 2.50. The zero-order valence-electron chi connectivity index (χ0n) is 10.4. The molecule has 0 radical (unpaired) electrons. The van der Waals surface area contributed by atoms with E-state index in [9.17, 15) is 0 Å². The van der Waals surface area contributed by atoms with Gasteiger partial charge in [0.2, 0.25) is 0 Å². The van der Waals surface area contributed by atoms with Gasteiger partial charge in [-0.25, -0.2) is 0 Å². The molecule has 0 heterocycles. The molecule has 2 nitrogen and oxygen atoms in total. The van der Waals surface area contributed by atoms with Crippen LogP contribution in [0.5, 0.6) is 0 Å². The maximum absolute atomic E-state index is 5.61. The van der Waals surface area contributed by atoms with Gasteiger partial charge in [0, 0.05) is 26.2 Å². The molecule has 1 atom stereocenters. The fourth-order valence-corrected chi connectivity index (χ4v) is 1.98. The average Bonchev–Trinajstić information content (AvgIpc) is 2.03. The molecule has 86 valence electrons. The van der Waals surface area contributed by atoms with E-state index in [1.54, 1.807) is 0 Å². The second-order valence-corrected chi connectivity index (χ2v) is 4.84. The molecule has 2 N–H and O–H groups in total. The van der Waals surface area contributed by atoms with E-state index >= 15 is 0 Å². The maximum Gasteiger partial charge on any atom is 0.0105 e. The van der Waals surface area contributed by atoms with Crippen LogP contribution >= 0.6 is 0 Å². The van der Waals surface area contributed by atoms with E-state index in [4.69, 9.17) is 5.73 Å². The number of nitrogens with two attached hydrogens (primary N) is 1. The van der Waals surface area contributed by atoms with Crippen LogP contribution in [0.3, 0.4) is 0 Å². The molecule has 0 spiro atoms. The first-order valence-electron chi connectivity index (χ1n) is 6.02. The molecule has 2 heteroatoms. The third-order valence-electron chi connectivity index (χ3n) is 2.42. The topological polar surface area (TPSA) is 29.3 Å². The van der Waals surface area contributed by atoms with Crippen LogP contribution in [0.15, 0.2) is 0 Å². The van der Waals surface area contributed by atoms with E-state index in [-0.39, 0.29) is 0 Å². The van der Waals surface area contributed by atoms with Gasteiger partial charge < -0.3 is 10.6 Å². The molecule has 0 saturated carbocycles. The Hall–Kier alpha value is -0.0800. The Bertz CT molecular complexity index is 123. The first kappa shape index (κ1) is 13.9. The summed E-state index contributed by atoms with van der Waals surface area (Å²) < 4.78 is 0. The molecule has 0 amide bonds. The molecule has 1 unspecified atom stereocenters. The van der Waals surface area contributed by atoms with Gasteiger partial charge in [0.1, 0.15) is 0 Å². The molecule has 0 aromatic carbocycles. The van der Waals surface area contributed by atoms with E-state index in [1.165, 1.54) is 25.9 Å². The second kappa shape index (κ2) is 8.25. The number of hydrogen-bond acceptors (Lipinski definition) is 2. The molecule has 0 fully saturated rings. The minimum Gasteiger partial charge on any atom is -0.329 e. The fraction of sp³-hybridized carbons (Fsp3) is 1.00. The van der Waals surface area contributed by atoms with Crippen molar-refractivity contribution in [1.82, 2.24) is 4.90 Å². The Balaban J connectivity index is 3.81. The van der Waals surface area contributed by atoms with Gasteiger partial charge in [0.05, 0.1) is 0 Å². The summed E-state index contributed by atoms with van der Waals surface area (Å²) in [6.07, 6.45) is 2.62. The normalized spacial score (nSPS) is 13.9. The van der Waals surface area contributed by atoms with Gasteiger partial charge in [-0.1, -0.05) is 34.1 Å². The van der Waals surface area contributed by atoms with Crippen LogP contribution in [0.2, 0.25) is 0 Å². The lowest BCUT2D eigenvalue weighted by molar-refractivity contribution is 0.214. The third kappa shape index (κ3) is 7.34. The monoisotopic (exact) mass is 200 g/mol. The molecule has 0 bridgehead atoms. The molecular formula is C12H28N2. The first-order chi connectivity index (χ1) is 6.60. The van der Waals surface area contributed by atoms with E-state index in [1.807, 2.05) is 0 Å². The zero-order chi connectivity index (χ0) is 11.0. The van der Waals surface area contributed by atoms with Gasteiger partial charge in [0.15, 0.2) is 0 Å². The molecule has 0 aliphatic rings. The van der Waals surface area contributed by atoms with Crippen molar-refractivity contribution < 1.29 is 0 Å². The van der Waals surface area contributed by atoms with Crippen molar-refractivity contribution in [3.05, 3.63) is 0 Å². The predicted molar refractivity (Wildman–Crippen MR) is 64.4 cm³/mol. The summed E-state index contributed by atoms with van der Waals surface area (Å²) in [6.45, 7) is 13.4. The number of hydrogen-bond donors (Lipinski definition) is 1. The van der Waals surface area contributed by atoms with E-state index in [0.717, 1.165) is 24.9 Å². The molecule has 0 aliphatic heterocycles. The average molecular weight is 200 g/mol. The summed E-state index contributed by atoms with van der Waals surface area (Å²) in [7, 11) is 0. The summed E-state index contributed by atoms with van der Waals surface area (Å²) >= 11 is 0. The van der Waals surface area contributed by atoms with Crippen molar-refractivity contribution in [2.75, 3.05) is 26.2 Å². The predicted octanol–water partition coefficient (Wildman–Crippen LogP) is 2.34. The van der Waals surface area contributed by atoms with Gasteiger partial charge >= 0.3 is 0 Å². The highest BCUT2D eigenvalue weighted by Crippen LogP contribution is 2.08. The van der Waals surface area contributed by atoms with E-state index < -0.39 is 0 Å². The second-order valence-electron chi connectivity index (χ2n) is 4.84. The Labute approximate surface area is 89.9 Å². The quantitative estimate of drug-likeness (QED) is 0.651. The van der Waals surface area contributed by atoms with Crippen molar-refractivity contribution in [2.45, 2.75) is 40.5 Å². The van der Waals surface area contributed by atoms with Crippen molar-refractivity contribution in [2.24, 2.45) is 17.6 Å². The smallest absolute Gasteiger partial charge is 0.0105 e. The Kier molecular flexibility index (Phi) is 8.20. The molecule has 0 rings (SSSR count). The largest absolute Gasteiger partial charge is 0.329 e. The zero-order valence-corrected chi connectivity index (χ0v) is 10.4. The van der Waals surface area contributed by atoms with Crippen LogP contribution in [0.25, 0.3) is 0 Å². The van der Waals surface area contributed by atoms with Gasteiger partial charge in [0.25, 0.3) is 0 Å². The Morgan fingerprint density at radius 3 is 2.21 bits per heavy atom. The summed E-state index contributed by atoms with van der Waals surface area (Å²) in [5, 5.41) is 0. The summed E-state index contributed by atoms with van der Waals surface area (Å²) in [6, 6.07) is 0. The van der Waals surface area contributed by atoms with Crippen molar-refractivity contribution in [3.8, 4) is 0 Å². The van der Waals surface area contributed by atoms with Gasteiger partial charge in [-0.2, -0.15) is 0 Å². The molecule has 0 aromatic rings. The fourth-order valence-electron chi connectivity index (χ4n) is 1.98. The Morgan fingerprint density at radius 2 is 1.79 bits per heavy atom. The lowest BCUT2D eigenvalue weighted by atomic mass is 10.0. The van der Waals surface area contributed by atoms with E-state index in [0.29, 0.717) is 0 Å². The highest BCUT2D eigenvalue weighted by atomic mass is 15.1. The SMILES string of the molecule is CCCC(C)CN(CCN)CC(C)C. The molecule has 0 saturated heterocycles. The molecule has 0 aliphatic carbocycles. The molecular weight excluding hydrogens is 172 g/mol. The van der Waals surface area contributed by atoms with Crippen molar-refractivity contribution in [1.29, 1.82) is 0 Å². The summed E-state index contributed by atoms with van der Waals surface area (Å²) in [5.74, 6) is 1.56. The van der Waals surface area contributed by atoms with Crippen LogP contribution < -0.4 is 5.73 Å². The lowest BCUT2D eigenvalue weighted by Gasteiger charge is -2.26. The van der Waals surface area contributed by atoms with Crippen molar-refractivity contribution >= 4 is 0 Å². The lowest BCUT2D eigenvalue weighted by Crippen LogP contribution is -2.35. The molecule has 14 heavy (non-hydrogen) atoms. The highest BCUT2D eigenvalue weighted by Gasteiger charge is 2.10.